The van der Waals surface area contributed by atoms with Gasteiger partial charge >= 0.3 is 6.09 Å². The Labute approximate surface area is 103 Å². The molecule has 16 heavy (non-hydrogen) atoms. The average Bonchev–Trinajstić information content (AvgIpc) is 2.15. The van der Waals surface area contributed by atoms with Crippen LogP contribution in [-0.4, -0.2) is 17.3 Å². The zero-order chi connectivity index (χ0) is 12.3. The average molecular weight is 264 g/mol. The van der Waals surface area contributed by atoms with E-state index in [1.54, 1.807) is 18.2 Å². The molecule has 1 aromatic carbocycles. The Kier molecular flexibility index (Phi) is 4.41. The predicted molar refractivity (Wildman–Crippen MR) is 61.6 cm³/mol. The Morgan fingerprint density at radius 3 is 2.31 bits per heavy atom. The lowest BCUT2D eigenvalue weighted by atomic mass is 10.1. The highest BCUT2D eigenvalue weighted by molar-refractivity contribution is 6.36. The molecule has 0 heterocycles. The monoisotopic (exact) mass is 263 g/mol. The Bertz CT molecular complexity index is 375. The van der Waals surface area contributed by atoms with E-state index in [-0.39, 0.29) is 0 Å². The number of aliphatic hydroxyl groups is 1. The van der Waals surface area contributed by atoms with Gasteiger partial charge in [0, 0.05) is 15.6 Å². The van der Waals surface area contributed by atoms with Crippen molar-refractivity contribution in [3.05, 3.63) is 33.8 Å². The molecule has 0 aliphatic carbocycles. The van der Waals surface area contributed by atoms with E-state index in [2.05, 4.69) is 0 Å². The van der Waals surface area contributed by atoms with Gasteiger partial charge in [-0.2, -0.15) is 0 Å². The zero-order valence-electron chi connectivity index (χ0n) is 8.48. The zero-order valence-corrected chi connectivity index (χ0v) is 10.00. The number of hydrogen-bond donors (Lipinski definition) is 2. The van der Waals surface area contributed by atoms with Crippen LogP contribution in [0.15, 0.2) is 18.2 Å². The molecule has 0 aromatic heterocycles. The molecule has 1 rings (SSSR count). The van der Waals surface area contributed by atoms with E-state index in [0.717, 1.165) is 0 Å². The summed E-state index contributed by atoms with van der Waals surface area (Å²) in [5.41, 5.74) is 5.26. The summed E-state index contributed by atoms with van der Waals surface area (Å²) in [6.45, 7) is 1.45. The van der Waals surface area contributed by atoms with Gasteiger partial charge < -0.3 is 15.6 Å². The first-order valence-electron chi connectivity index (χ1n) is 4.51. The van der Waals surface area contributed by atoms with Crippen LogP contribution in [0.1, 0.15) is 18.6 Å². The van der Waals surface area contributed by atoms with Gasteiger partial charge in [-0.1, -0.05) is 29.3 Å². The van der Waals surface area contributed by atoms with Crippen molar-refractivity contribution in [3.8, 4) is 0 Å². The number of halogens is 2. The van der Waals surface area contributed by atoms with Crippen molar-refractivity contribution in [3.63, 3.8) is 0 Å². The number of hydrogen-bond acceptors (Lipinski definition) is 3. The Balaban J connectivity index is 3.15. The lowest BCUT2D eigenvalue weighted by Gasteiger charge is -2.21. The smallest absolute Gasteiger partial charge is 0.405 e. The fourth-order valence-electron chi connectivity index (χ4n) is 1.31. The summed E-state index contributed by atoms with van der Waals surface area (Å²) < 4.78 is 4.78. The molecule has 0 saturated heterocycles. The third-order valence-corrected chi connectivity index (χ3v) is 2.62. The van der Waals surface area contributed by atoms with Gasteiger partial charge in [0.1, 0.15) is 0 Å². The van der Waals surface area contributed by atoms with Crippen LogP contribution < -0.4 is 5.73 Å². The summed E-state index contributed by atoms with van der Waals surface area (Å²) in [6.07, 6.45) is -2.94. The number of carbonyl (C=O) groups is 1. The van der Waals surface area contributed by atoms with Crippen molar-refractivity contribution < 1.29 is 14.6 Å². The summed E-state index contributed by atoms with van der Waals surface area (Å²) in [5.74, 6) is 0. The van der Waals surface area contributed by atoms with Crippen LogP contribution in [0.2, 0.25) is 10.0 Å². The van der Waals surface area contributed by atoms with E-state index in [4.69, 9.17) is 33.7 Å². The first-order chi connectivity index (χ1) is 7.43. The van der Waals surface area contributed by atoms with Crippen LogP contribution >= 0.6 is 23.2 Å². The van der Waals surface area contributed by atoms with Crippen LogP contribution in [0, 0.1) is 0 Å². The summed E-state index contributed by atoms with van der Waals surface area (Å²) in [7, 11) is 0. The highest BCUT2D eigenvalue weighted by atomic mass is 35.5. The SMILES string of the molecule is C[C@@H](O)[C@H](OC(N)=O)c1c(Cl)cccc1Cl. The minimum absolute atomic E-state index is 0.305. The summed E-state index contributed by atoms with van der Waals surface area (Å²) in [6, 6.07) is 4.82. The van der Waals surface area contributed by atoms with Crippen LogP contribution in [-0.2, 0) is 4.74 Å². The van der Waals surface area contributed by atoms with Crippen LogP contribution in [0.25, 0.3) is 0 Å². The number of aliphatic hydroxyl groups excluding tert-OH is 1. The minimum atomic E-state index is -0.998. The van der Waals surface area contributed by atoms with Gasteiger partial charge in [-0.15, -0.1) is 0 Å². The molecule has 3 N–H and O–H groups in total. The molecule has 88 valence electrons. The molecule has 0 radical (unpaired) electrons. The third-order valence-electron chi connectivity index (χ3n) is 1.97. The van der Waals surface area contributed by atoms with Crippen LogP contribution in [0.4, 0.5) is 4.79 Å². The standard InChI is InChI=1S/C10H11Cl2NO3/c1-5(14)9(16-10(13)15)8-6(11)3-2-4-7(8)12/h2-5,9,14H,1H3,(H2,13,15)/t5-,9+/m1/s1. The maximum atomic E-state index is 10.7. The van der Waals surface area contributed by atoms with E-state index >= 15 is 0 Å². The molecule has 0 spiro atoms. The lowest BCUT2D eigenvalue weighted by molar-refractivity contribution is 0.0149. The molecule has 2 atom stereocenters. The Morgan fingerprint density at radius 1 is 1.44 bits per heavy atom. The second kappa shape index (κ2) is 5.39. The number of amides is 1. The van der Waals surface area contributed by atoms with E-state index < -0.39 is 18.3 Å². The third kappa shape index (κ3) is 3.01. The number of rotatable bonds is 3. The van der Waals surface area contributed by atoms with Gasteiger partial charge in [-0.25, -0.2) is 4.79 Å². The van der Waals surface area contributed by atoms with E-state index in [1.807, 2.05) is 0 Å². The van der Waals surface area contributed by atoms with Crippen molar-refractivity contribution in [1.29, 1.82) is 0 Å². The molecular formula is C10H11Cl2NO3. The summed E-state index contributed by atoms with van der Waals surface area (Å²) in [5, 5.41) is 10.1. The maximum absolute atomic E-state index is 10.7. The van der Waals surface area contributed by atoms with E-state index in [1.165, 1.54) is 6.92 Å². The normalized spacial score (nSPS) is 14.2. The van der Waals surface area contributed by atoms with Crippen LogP contribution in [0.3, 0.4) is 0 Å². The molecule has 0 fully saturated rings. The number of ether oxygens (including phenoxy) is 1. The molecule has 1 amide bonds. The highest BCUT2D eigenvalue weighted by Crippen LogP contribution is 2.34. The number of carbonyl (C=O) groups excluding carboxylic acids is 1. The van der Waals surface area contributed by atoms with Gasteiger partial charge in [0.05, 0.1) is 6.10 Å². The van der Waals surface area contributed by atoms with Crippen molar-refractivity contribution in [1.82, 2.24) is 0 Å². The summed E-state index contributed by atoms with van der Waals surface area (Å²) in [4.78, 5) is 10.7. The molecule has 0 bridgehead atoms. The number of nitrogens with two attached hydrogens (primary N) is 1. The van der Waals surface area contributed by atoms with Gasteiger partial charge in [0.25, 0.3) is 0 Å². The second-order valence-corrected chi connectivity index (χ2v) is 4.05. The predicted octanol–water partition coefficient (Wildman–Crippen LogP) is 2.51. The van der Waals surface area contributed by atoms with E-state index in [0.29, 0.717) is 15.6 Å². The molecule has 0 unspecified atom stereocenters. The van der Waals surface area contributed by atoms with Gasteiger partial charge in [0.15, 0.2) is 6.10 Å². The Morgan fingerprint density at radius 2 is 1.94 bits per heavy atom. The molecule has 6 heteroatoms. The number of primary amides is 1. The molecule has 0 aliphatic heterocycles. The van der Waals surface area contributed by atoms with Gasteiger partial charge in [-0.05, 0) is 19.1 Å². The molecule has 0 aliphatic rings. The van der Waals surface area contributed by atoms with Crippen molar-refractivity contribution in [2.75, 3.05) is 0 Å². The van der Waals surface area contributed by atoms with Gasteiger partial charge in [0.2, 0.25) is 0 Å². The largest absolute Gasteiger partial charge is 0.439 e. The van der Waals surface area contributed by atoms with Crippen molar-refractivity contribution in [2.24, 2.45) is 5.73 Å². The first-order valence-corrected chi connectivity index (χ1v) is 5.27. The maximum Gasteiger partial charge on any atom is 0.405 e. The fourth-order valence-corrected chi connectivity index (χ4v) is 1.92. The van der Waals surface area contributed by atoms with Crippen molar-refractivity contribution >= 4 is 29.3 Å². The van der Waals surface area contributed by atoms with Crippen LogP contribution in [0.5, 0.6) is 0 Å². The Hall–Kier alpha value is -0.970. The summed E-state index contributed by atoms with van der Waals surface area (Å²) >= 11 is 11.8. The molecular weight excluding hydrogens is 253 g/mol. The lowest BCUT2D eigenvalue weighted by Crippen LogP contribution is -2.25. The molecule has 0 saturated carbocycles. The van der Waals surface area contributed by atoms with E-state index in [9.17, 15) is 9.90 Å². The molecule has 4 nitrogen and oxygen atoms in total. The highest BCUT2D eigenvalue weighted by Gasteiger charge is 2.25. The molecule has 1 aromatic rings. The second-order valence-electron chi connectivity index (χ2n) is 3.23. The first kappa shape index (κ1) is 13.1. The number of benzene rings is 1. The topological polar surface area (TPSA) is 72.6 Å². The van der Waals surface area contributed by atoms with Gasteiger partial charge in [-0.3, -0.25) is 0 Å². The van der Waals surface area contributed by atoms with Crippen molar-refractivity contribution in [2.45, 2.75) is 19.1 Å². The minimum Gasteiger partial charge on any atom is -0.439 e. The fraction of sp³-hybridized carbons (Fsp3) is 0.300. The quantitative estimate of drug-likeness (QED) is 0.880.